The van der Waals surface area contributed by atoms with Gasteiger partial charge in [0.15, 0.2) is 0 Å². The van der Waals surface area contributed by atoms with Crippen molar-refractivity contribution in [1.29, 1.82) is 0 Å². The molecule has 1 rings (SSSR count). The molecule has 1 aliphatic rings. The summed E-state index contributed by atoms with van der Waals surface area (Å²) in [6, 6.07) is 0. The Morgan fingerprint density at radius 2 is 1.93 bits per heavy atom. The SMILES string of the molecule is CCCOCCC(=O)C1CCCCC1. The molecule has 1 aliphatic carbocycles. The fourth-order valence-electron chi connectivity index (χ4n) is 2.05. The number of rotatable bonds is 6. The number of ether oxygens (including phenoxy) is 1. The van der Waals surface area contributed by atoms with Crippen LogP contribution < -0.4 is 0 Å². The second kappa shape index (κ2) is 6.99. The molecule has 0 spiro atoms. The van der Waals surface area contributed by atoms with Gasteiger partial charge in [-0.2, -0.15) is 0 Å². The van der Waals surface area contributed by atoms with Gasteiger partial charge in [0.2, 0.25) is 0 Å². The molecule has 0 bridgehead atoms. The smallest absolute Gasteiger partial charge is 0.138 e. The molecule has 2 heteroatoms. The highest BCUT2D eigenvalue weighted by Crippen LogP contribution is 2.25. The van der Waals surface area contributed by atoms with Crippen LogP contribution in [0, 0.1) is 5.92 Å². The highest BCUT2D eigenvalue weighted by Gasteiger charge is 2.20. The number of Topliss-reactive ketones (excluding diaryl/α,β-unsaturated/α-hetero) is 1. The Bertz CT molecular complexity index is 160. The zero-order valence-electron chi connectivity index (χ0n) is 9.26. The van der Waals surface area contributed by atoms with Gasteiger partial charge in [-0.3, -0.25) is 4.79 Å². The van der Waals surface area contributed by atoms with Gasteiger partial charge in [0.05, 0.1) is 6.61 Å². The van der Waals surface area contributed by atoms with Crippen molar-refractivity contribution in [3.05, 3.63) is 0 Å². The highest BCUT2D eigenvalue weighted by atomic mass is 16.5. The maximum absolute atomic E-state index is 11.7. The van der Waals surface area contributed by atoms with Crippen LogP contribution in [0.1, 0.15) is 51.9 Å². The van der Waals surface area contributed by atoms with Gasteiger partial charge >= 0.3 is 0 Å². The molecular weight excluding hydrogens is 176 g/mol. The molecule has 0 unspecified atom stereocenters. The number of hydrogen-bond donors (Lipinski definition) is 0. The first-order chi connectivity index (χ1) is 6.84. The molecule has 0 N–H and O–H groups in total. The third kappa shape index (κ3) is 4.23. The Kier molecular flexibility index (Phi) is 5.85. The molecule has 0 aromatic rings. The second-order valence-electron chi connectivity index (χ2n) is 4.16. The van der Waals surface area contributed by atoms with E-state index in [1.807, 2.05) is 0 Å². The summed E-state index contributed by atoms with van der Waals surface area (Å²) in [5.41, 5.74) is 0. The molecule has 2 nitrogen and oxygen atoms in total. The third-order valence-electron chi connectivity index (χ3n) is 2.90. The molecule has 0 aliphatic heterocycles. The minimum Gasteiger partial charge on any atom is -0.381 e. The monoisotopic (exact) mass is 198 g/mol. The second-order valence-corrected chi connectivity index (χ2v) is 4.16. The fraction of sp³-hybridized carbons (Fsp3) is 0.917. The van der Waals surface area contributed by atoms with Crippen LogP contribution in [0.15, 0.2) is 0 Å². The quantitative estimate of drug-likeness (QED) is 0.613. The minimum atomic E-state index is 0.356. The summed E-state index contributed by atoms with van der Waals surface area (Å²) < 4.78 is 5.32. The summed E-state index contributed by atoms with van der Waals surface area (Å²) >= 11 is 0. The van der Waals surface area contributed by atoms with Crippen molar-refractivity contribution in [2.24, 2.45) is 5.92 Å². The predicted molar refractivity (Wildman–Crippen MR) is 57.3 cm³/mol. The summed E-state index contributed by atoms with van der Waals surface area (Å²) in [5.74, 6) is 0.787. The first-order valence-electron chi connectivity index (χ1n) is 5.95. The summed E-state index contributed by atoms with van der Waals surface area (Å²) in [7, 11) is 0. The van der Waals surface area contributed by atoms with Gasteiger partial charge in [-0.25, -0.2) is 0 Å². The largest absolute Gasteiger partial charge is 0.381 e. The van der Waals surface area contributed by atoms with E-state index in [0.29, 0.717) is 24.7 Å². The van der Waals surface area contributed by atoms with Crippen LogP contribution in [0.3, 0.4) is 0 Å². The van der Waals surface area contributed by atoms with Gasteiger partial charge in [-0.15, -0.1) is 0 Å². The Morgan fingerprint density at radius 3 is 2.57 bits per heavy atom. The van der Waals surface area contributed by atoms with Crippen molar-refractivity contribution in [2.75, 3.05) is 13.2 Å². The summed E-state index contributed by atoms with van der Waals surface area (Å²) in [4.78, 5) is 11.7. The number of carbonyl (C=O) groups excluding carboxylic acids is 1. The third-order valence-corrected chi connectivity index (χ3v) is 2.90. The average Bonchev–Trinajstić information content (AvgIpc) is 2.25. The average molecular weight is 198 g/mol. The van der Waals surface area contributed by atoms with Gasteiger partial charge in [-0.1, -0.05) is 26.2 Å². The molecule has 0 radical (unpaired) electrons. The lowest BCUT2D eigenvalue weighted by Gasteiger charge is -2.20. The van der Waals surface area contributed by atoms with E-state index >= 15 is 0 Å². The van der Waals surface area contributed by atoms with Crippen molar-refractivity contribution in [3.63, 3.8) is 0 Å². The van der Waals surface area contributed by atoms with Crippen molar-refractivity contribution in [1.82, 2.24) is 0 Å². The summed E-state index contributed by atoms with van der Waals surface area (Å²) in [6.07, 6.45) is 7.70. The van der Waals surface area contributed by atoms with E-state index in [-0.39, 0.29) is 0 Å². The van der Waals surface area contributed by atoms with Crippen LogP contribution in [-0.4, -0.2) is 19.0 Å². The molecule has 0 aromatic heterocycles. The zero-order chi connectivity index (χ0) is 10.2. The van der Waals surface area contributed by atoms with Crippen molar-refractivity contribution in [3.8, 4) is 0 Å². The predicted octanol–water partition coefficient (Wildman–Crippen LogP) is 2.95. The number of carbonyl (C=O) groups is 1. The van der Waals surface area contributed by atoms with Crippen LogP contribution in [0.2, 0.25) is 0 Å². The first-order valence-corrected chi connectivity index (χ1v) is 5.95. The van der Waals surface area contributed by atoms with Gasteiger partial charge in [0, 0.05) is 18.9 Å². The molecule has 82 valence electrons. The van der Waals surface area contributed by atoms with E-state index in [9.17, 15) is 4.79 Å². The van der Waals surface area contributed by atoms with Crippen LogP contribution in [0.5, 0.6) is 0 Å². The molecule has 0 atom stereocenters. The highest BCUT2D eigenvalue weighted by molar-refractivity contribution is 5.81. The zero-order valence-corrected chi connectivity index (χ0v) is 9.26. The van der Waals surface area contributed by atoms with Crippen molar-refractivity contribution in [2.45, 2.75) is 51.9 Å². The van der Waals surface area contributed by atoms with Crippen LogP contribution in [0.4, 0.5) is 0 Å². The normalized spacial score (nSPS) is 18.4. The summed E-state index contributed by atoms with van der Waals surface area (Å²) in [5, 5.41) is 0. The van der Waals surface area contributed by atoms with Crippen molar-refractivity contribution >= 4 is 5.78 Å². The molecule has 0 saturated heterocycles. The molecule has 1 fully saturated rings. The van der Waals surface area contributed by atoms with Gasteiger partial charge < -0.3 is 4.74 Å². The lowest BCUT2D eigenvalue weighted by molar-refractivity contribution is -0.124. The van der Waals surface area contributed by atoms with Crippen molar-refractivity contribution < 1.29 is 9.53 Å². The molecular formula is C12H22O2. The Morgan fingerprint density at radius 1 is 1.21 bits per heavy atom. The first kappa shape index (κ1) is 11.7. The lowest BCUT2D eigenvalue weighted by atomic mass is 9.85. The number of ketones is 1. The maximum Gasteiger partial charge on any atom is 0.138 e. The standard InChI is InChI=1S/C12H22O2/c1-2-9-14-10-8-12(13)11-6-4-3-5-7-11/h11H,2-10H2,1H3. The minimum absolute atomic E-state index is 0.356. The fourth-order valence-corrected chi connectivity index (χ4v) is 2.05. The molecule has 0 aromatic carbocycles. The Hall–Kier alpha value is -0.370. The van der Waals surface area contributed by atoms with Crippen LogP contribution in [0.25, 0.3) is 0 Å². The van der Waals surface area contributed by atoms with E-state index in [1.165, 1.54) is 19.3 Å². The Balaban J connectivity index is 2.07. The van der Waals surface area contributed by atoms with E-state index in [0.717, 1.165) is 25.9 Å². The molecule has 0 heterocycles. The Labute approximate surface area is 87.0 Å². The van der Waals surface area contributed by atoms with E-state index < -0.39 is 0 Å². The lowest BCUT2D eigenvalue weighted by Crippen LogP contribution is -2.19. The van der Waals surface area contributed by atoms with E-state index in [1.54, 1.807) is 0 Å². The topological polar surface area (TPSA) is 26.3 Å². The van der Waals surface area contributed by atoms with Crippen LogP contribution >= 0.6 is 0 Å². The molecule has 1 saturated carbocycles. The molecule has 14 heavy (non-hydrogen) atoms. The van der Waals surface area contributed by atoms with Gasteiger partial charge in [0.1, 0.15) is 5.78 Å². The molecule has 0 amide bonds. The number of hydrogen-bond acceptors (Lipinski definition) is 2. The van der Waals surface area contributed by atoms with Gasteiger partial charge in [-0.05, 0) is 19.3 Å². The van der Waals surface area contributed by atoms with Gasteiger partial charge in [0.25, 0.3) is 0 Å². The van der Waals surface area contributed by atoms with E-state index in [2.05, 4.69) is 6.92 Å². The van der Waals surface area contributed by atoms with E-state index in [4.69, 9.17) is 4.74 Å². The summed E-state index contributed by atoms with van der Waals surface area (Å²) in [6.45, 7) is 3.50. The van der Waals surface area contributed by atoms with Crippen LogP contribution in [-0.2, 0) is 9.53 Å². The maximum atomic E-state index is 11.7.